The van der Waals surface area contributed by atoms with Crippen LogP contribution in [0.5, 0.6) is 0 Å². The molecule has 0 N–H and O–H groups in total. The van der Waals surface area contributed by atoms with Crippen molar-refractivity contribution in [3.05, 3.63) is 44.9 Å². The normalized spacial score (nSPS) is 15.3. The molecule has 3 heteroatoms. The molecule has 1 nitrogen and oxygen atoms in total. The van der Waals surface area contributed by atoms with Crippen LogP contribution in [0.15, 0.2) is 34.3 Å². The predicted octanol–water partition coefficient (Wildman–Crippen LogP) is 5.10. The molecule has 0 saturated heterocycles. The Bertz CT molecular complexity index is 479. The quantitative estimate of drug-likeness (QED) is 0.703. The van der Waals surface area contributed by atoms with Crippen molar-refractivity contribution in [1.82, 2.24) is 0 Å². The van der Waals surface area contributed by atoms with Crippen molar-refractivity contribution in [1.29, 1.82) is 0 Å². The first-order valence-electron chi connectivity index (χ1n) is 6.28. The summed E-state index contributed by atoms with van der Waals surface area (Å²) < 4.78 is 0.943. The first kappa shape index (κ1) is 13.8. The van der Waals surface area contributed by atoms with Crippen molar-refractivity contribution in [2.75, 3.05) is 0 Å². The van der Waals surface area contributed by atoms with Gasteiger partial charge in [-0.3, -0.25) is 4.79 Å². The van der Waals surface area contributed by atoms with E-state index in [4.69, 9.17) is 11.6 Å². The van der Waals surface area contributed by atoms with Crippen LogP contribution in [0.2, 0.25) is 5.02 Å². The Morgan fingerprint density at radius 3 is 2.78 bits per heavy atom. The number of hydrogen-bond donors (Lipinski definition) is 0. The largest absolute Gasteiger partial charge is 0.299 e. The highest BCUT2D eigenvalue weighted by molar-refractivity contribution is 9.10. The summed E-state index contributed by atoms with van der Waals surface area (Å²) in [5.74, 6) is 0.257. The van der Waals surface area contributed by atoms with Crippen molar-refractivity contribution >= 4 is 33.3 Å². The van der Waals surface area contributed by atoms with Crippen molar-refractivity contribution in [3.63, 3.8) is 0 Å². The summed E-state index contributed by atoms with van der Waals surface area (Å²) in [6, 6.07) is 5.68. The van der Waals surface area contributed by atoms with Gasteiger partial charge in [0, 0.05) is 22.3 Å². The van der Waals surface area contributed by atoms with Crippen molar-refractivity contribution in [3.8, 4) is 0 Å². The van der Waals surface area contributed by atoms with Gasteiger partial charge in [-0.2, -0.15) is 0 Å². The van der Waals surface area contributed by atoms with Crippen LogP contribution in [-0.4, -0.2) is 5.78 Å². The van der Waals surface area contributed by atoms with Crippen LogP contribution in [0.1, 0.15) is 37.7 Å². The van der Waals surface area contributed by atoms with Crippen LogP contribution in [-0.2, 0) is 11.2 Å². The average molecular weight is 328 g/mol. The highest BCUT2D eigenvalue weighted by Crippen LogP contribution is 2.24. The Morgan fingerprint density at radius 1 is 1.28 bits per heavy atom. The number of carbonyl (C=O) groups is 1. The van der Waals surface area contributed by atoms with E-state index < -0.39 is 0 Å². The zero-order chi connectivity index (χ0) is 13.0. The maximum Gasteiger partial charge on any atom is 0.141 e. The summed E-state index contributed by atoms with van der Waals surface area (Å²) in [6.07, 6.45) is 7.94. The molecule has 18 heavy (non-hydrogen) atoms. The number of carbonyl (C=O) groups excluding carboxylic acids is 1. The fraction of sp³-hybridized carbons (Fsp3) is 0.400. The minimum absolute atomic E-state index is 0.257. The molecule has 96 valence electrons. The Balaban J connectivity index is 1.96. The Labute approximate surface area is 121 Å². The summed E-state index contributed by atoms with van der Waals surface area (Å²) in [7, 11) is 0. The number of benzene rings is 1. The molecular weight excluding hydrogens is 312 g/mol. The molecule has 0 atom stereocenters. The van der Waals surface area contributed by atoms with E-state index in [1.807, 2.05) is 18.2 Å². The van der Waals surface area contributed by atoms with E-state index in [-0.39, 0.29) is 5.78 Å². The molecule has 0 aliphatic heterocycles. The molecule has 2 rings (SSSR count). The predicted molar refractivity (Wildman–Crippen MR) is 79.0 cm³/mol. The Morgan fingerprint density at radius 2 is 2.11 bits per heavy atom. The van der Waals surface area contributed by atoms with E-state index in [1.54, 1.807) is 0 Å². The van der Waals surface area contributed by atoms with Crippen molar-refractivity contribution in [2.24, 2.45) is 0 Å². The highest BCUT2D eigenvalue weighted by Gasteiger charge is 2.11. The molecule has 0 bridgehead atoms. The molecule has 1 aromatic rings. The summed E-state index contributed by atoms with van der Waals surface area (Å²) in [6.45, 7) is 0. The molecule has 0 unspecified atom stereocenters. The van der Waals surface area contributed by atoms with Crippen LogP contribution in [0.3, 0.4) is 0 Å². The minimum atomic E-state index is 0.257. The van der Waals surface area contributed by atoms with Crippen LogP contribution >= 0.6 is 27.5 Å². The molecule has 0 heterocycles. The number of Topliss-reactive ketones (excluding diaryl/α,β-unsaturated/α-hetero) is 1. The van der Waals surface area contributed by atoms with Gasteiger partial charge in [0.2, 0.25) is 0 Å². The first-order chi connectivity index (χ1) is 8.65. The van der Waals surface area contributed by atoms with Crippen molar-refractivity contribution < 1.29 is 4.79 Å². The number of ketones is 1. The third-order valence-corrected chi connectivity index (χ3v) is 4.06. The molecule has 0 saturated carbocycles. The second-order valence-electron chi connectivity index (χ2n) is 4.74. The second-order valence-corrected chi connectivity index (χ2v) is 6.06. The number of halogens is 2. The Kier molecular flexibility index (Phi) is 5.02. The van der Waals surface area contributed by atoms with Gasteiger partial charge >= 0.3 is 0 Å². The van der Waals surface area contributed by atoms with Gasteiger partial charge in [0.15, 0.2) is 0 Å². The van der Waals surface area contributed by atoms with E-state index in [1.165, 1.54) is 18.4 Å². The number of rotatable bonds is 4. The van der Waals surface area contributed by atoms with E-state index in [0.29, 0.717) is 17.9 Å². The molecule has 0 amide bonds. The number of allylic oxidation sites excluding steroid dienone is 2. The summed E-state index contributed by atoms with van der Waals surface area (Å²) >= 11 is 9.48. The molecular formula is C15H16BrClO. The first-order valence-corrected chi connectivity index (χ1v) is 7.46. The summed E-state index contributed by atoms with van der Waals surface area (Å²) in [4.78, 5) is 12.0. The van der Waals surface area contributed by atoms with Crippen molar-refractivity contribution in [2.45, 2.75) is 38.5 Å². The lowest BCUT2D eigenvalue weighted by molar-refractivity contribution is -0.117. The van der Waals surface area contributed by atoms with Crippen LogP contribution < -0.4 is 0 Å². The van der Waals surface area contributed by atoms with Gasteiger partial charge in [-0.05, 0) is 43.4 Å². The molecule has 1 aliphatic carbocycles. The Hall–Kier alpha value is -0.600. The van der Waals surface area contributed by atoms with Crippen LogP contribution in [0.4, 0.5) is 0 Å². The summed E-state index contributed by atoms with van der Waals surface area (Å²) in [5, 5.41) is 0.662. The van der Waals surface area contributed by atoms with E-state index >= 15 is 0 Å². The fourth-order valence-corrected chi connectivity index (χ4v) is 3.00. The van der Waals surface area contributed by atoms with Gasteiger partial charge in [-0.1, -0.05) is 45.2 Å². The number of hydrogen-bond acceptors (Lipinski definition) is 1. The maximum absolute atomic E-state index is 12.0. The molecule has 0 radical (unpaired) electrons. The fourth-order valence-electron chi connectivity index (χ4n) is 2.26. The zero-order valence-corrected chi connectivity index (χ0v) is 12.6. The van der Waals surface area contributed by atoms with Crippen LogP contribution in [0, 0.1) is 0 Å². The third kappa shape index (κ3) is 3.96. The molecule has 0 fully saturated rings. The van der Waals surface area contributed by atoms with Gasteiger partial charge in [0.1, 0.15) is 5.78 Å². The van der Waals surface area contributed by atoms with Gasteiger partial charge in [0.05, 0.1) is 0 Å². The smallest absolute Gasteiger partial charge is 0.141 e. The van der Waals surface area contributed by atoms with Gasteiger partial charge in [-0.25, -0.2) is 0 Å². The lowest BCUT2D eigenvalue weighted by Gasteiger charge is -2.12. The second kappa shape index (κ2) is 6.53. The van der Waals surface area contributed by atoms with E-state index in [0.717, 1.165) is 22.9 Å². The SMILES string of the molecule is O=C(CC1=CCCCC1)Cc1ccc(Br)cc1Cl. The highest BCUT2D eigenvalue weighted by atomic mass is 79.9. The van der Waals surface area contributed by atoms with E-state index in [9.17, 15) is 4.79 Å². The minimum Gasteiger partial charge on any atom is -0.299 e. The molecule has 1 aromatic carbocycles. The molecule has 1 aliphatic rings. The lowest BCUT2D eigenvalue weighted by Crippen LogP contribution is -2.06. The van der Waals surface area contributed by atoms with Gasteiger partial charge in [0.25, 0.3) is 0 Å². The van der Waals surface area contributed by atoms with Crippen LogP contribution in [0.25, 0.3) is 0 Å². The van der Waals surface area contributed by atoms with Gasteiger partial charge < -0.3 is 0 Å². The maximum atomic E-state index is 12.0. The third-order valence-electron chi connectivity index (χ3n) is 3.21. The average Bonchev–Trinajstić information content (AvgIpc) is 2.34. The molecule has 0 aromatic heterocycles. The summed E-state index contributed by atoms with van der Waals surface area (Å²) in [5.41, 5.74) is 2.22. The van der Waals surface area contributed by atoms with Gasteiger partial charge in [-0.15, -0.1) is 0 Å². The molecule has 0 spiro atoms. The lowest BCUT2D eigenvalue weighted by atomic mass is 9.94. The standard InChI is InChI=1S/C15H16BrClO/c16-13-7-6-12(15(17)10-13)9-14(18)8-11-4-2-1-3-5-11/h4,6-7,10H,1-3,5,8-9H2. The monoisotopic (exact) mass is 326 g/mol. The topological polar surface area (TPSA) is 17.1 Å². The van der Waals surface area contributed by atoms with E-state index in [2.05, 4.69) is 22.0 Å². The zero-order valence-electron chi connectivity index (χ0n) is 10.2.